The van der Waals surface area contributed by atoms with Crippen LogP contribution in [0.5, 0.6) is 5.75 Å². The molecule has 0 aliphatic heterocycles. The average molecular weight is 771 g/mol. The van der Waals surface area contributed by atoms with Gasteiger partial charge in [-0.05, 0) is 96.8 Å². The van der Waals surface area contributed by atoms with Crippen molar-refractivity contribution in [1.29, 1.82) is 0 Å². The molecule has 3 amide bonds. The summed E-state index contributed by atoms with van der Waals surface area (Å²) in [6.07, 6.45) is 5.10. The van der Waals surface area contributed by atoms with Crippen molar-refractivity contribution in [2.45, 2.75) is 56.1 Å². The second kappa shape index (κ2) is 16.5. The van der Waals surface area contributed by atoms with Gasteiger partial charge in [0.15, 0.2) is 0 Å². The minimum absolute atomic E-state index is 0.0110. The average Bonchev–Trinajstić information content (AvgIpc) is 3.85. The highest BCUT2D eigenvalue weighted by Gasteiger charge is 2.24. The Labute approximate surface area is 325 Å². The number of hydrogen-bond acceptors (Lipinski definition) is 7. The third-order valence-corrected chi connectivity index (χ3v) is 11.5. The van der Waals surface area contributed by atoms with E-state index in [9.17, 15) is 22.8 Å². The molecule has 1 saturated carbocycles. The quantitative estimate of drug-likeness (QED) is 0.120. The lowest BCUT2D eigenvalue weighted by Gasteiger charge is -2.20. The van der Waals surface area contributed by atoms with E-state index in [0.29, 0.717) is 33.5 Å². The largest absolute Gasteiger partial charge is 0.496 e. The molecule has 1 aromatic heterocycles. The molecule has 11 nitrogen and oxygen atoms in total. The van der Waals surface area contributed by atoms with Crippen molar-refractivity contribution in [3.05, 3.63) is 161 Å². The van der Waals surface area contributed by atoms with Crippen molar-refractivity contribution in [1.82, 2.24) is 14.6 Å². The molecule has 3 N–H and O–H groups in total. The highest BCUT2D eigenvalue weighted by molar-refractivity contribution is 7.90. The number of aromatic nitrogens is 1. The number of methoxy groups -OCH3 is 1. The number of sulfonamides is 1. The summed E-state index contributed by atoms with van der Waals surface area (Å²) < 4.78 is 41.2. The van der Waals surface area contributed by atoms with Gasteiger partial charge in [-0.15, -0.1) is 0 Å². The molecule has 56 heavy (non-hydrogen) atoms. The topological polar surface area (TPSA) is 145 Å². The lowest BCUT2D eigenvalue weighted by molar-refractivity contribution is 0.0980. The van der Waals surface area contributed by atoms with Crippen LogP contribution in [0.2, 0.25) is 0 Å². The minimum atomic E-state index is -4.13. The second-order valence-corrected chi connectivity index (χ2v) is 15.5. The Kier molecular flexibility index (Phi) is 11.2. The summed E-state index contributed by atoms with van der Waals surface area (Å²) in [4.78, 5) is 40.3. The summed E-state index contributed by atoms with van der Waals surface area (Å²) in [6, 6.07) is 35.1. The van der Waals surface area contributed by atoms with Crippen LogP contribution in [0.3, 0.4) is 0 Å². The summed E-state index contributed by atoms with van der Waals surface area (Å²) in [5, 5.41) is 6.76. The lowest BCUT2D eigenvalue weighted by atomic mass is 9.99. The summed E-state index contributed by atoms with van der Waals surface area (Å²) >= 11 is 0. The normalized spacial score (nSPS) is 13.1. The van der Waals surface area contributed by atoms with Crippen LogP contribution < -0.4 is 20.1 Å². The van der Waals surface area contributed by atoms with Gasteiger partial charge in [-0.1, -0.05) is 84.9 Å². The smallest absolute Gasteiger partial charge is 0.411 e. The maximum absolute atomic E-state index is 14.3. The zero-order valence-electron chi connectivity index (χ0n) is 31.0. The van der Waals surface area contributed by atoms with E-state index in [2.05, 4.69) is 15.4 Å². The second-order valence-electron chi connectivity index (χ2n) is 13.8. The first-order valence-electron chi connectivity index (χ1n) is 18.4. The monoisotopic (exact) mass is 770 g/mol. The molecule has 0 radical (unpaired) electrons. The molecule has 6 aromatic rings. The molecule has 0 atom stereocenters. The number of amides is 3. The van der Waals surface area contributed by atoms with Gasteiger partial charge < -0.3 is 14.8 Å². The van der Waals surface area contributed by atoms with Crippen LogP contribution in [0, 0.1) is 6.92 Å². The molecule has 0 bridgehead atoms. The van der Waals surface area contributed by atoms with E-state index in [1.807, 2.05) is 60.7 Å². The molecule has 1 fully saturated rings. The Bertz CT molecular complexity index is 2460. The van der Waals surface area contributed by atoms with Gasteiger partial charge >= 0.3 is 12.1 Å². The number of nitrogens with zero attached hydrogens (tertiary/aromatic N) is 1. The van der Waals surface area contributed by atoms with Gasteiger partial charge in [0.2, 0.25) is 0 Å². The molecule has 0 saturated heterocycles. The number of anilines is 1. The molecular weight excluding hydrogens is 729 g/mol. The van der Waals surface area contributed by atoms with Crippen molar-refractivity contribution >= 4 is 44.6 Å². The maximum Gasteiger partial charge on any atom is 0.411 e. The van der Waals surface area contributed by atoms with E-state index in [0.717, 1.165) is 42.4 Å². The zero-order valence-corrected chi connectivity index (χ0v) is 31.8. The number of nitrogens with one attached hydrogen (secondary N) is 3. The fraction of sp³-hybridized carbons (Fsp3) is 0.205. The van der Waals surface area contributed by atoms with Crippen molar-refractivity contribution < 1.29 is 32.3 Å². The van der Waals surface area contributed by atoms with Crippen LogP contribution in [-0.4, -0.2) is 44.2 Å². The fourth-order valence-electron chi connectivity index (χ4n) is 7.16. The summed E-state index contributed by atoms with van der Waals surface area (Å²) in [6.45, 7) is 1.66. The van der Waals surface area contributed by atoms with Crippen LogP contribution in [0.25, 0.3) is 10.9 Å². The number of aryl methyl sites for hydroxylation is 1. The first kappa shape index (κ1) is 37.9. The third kappa shape index (κ3) is 8.45. The Balaban J connectivity index is 1.21. The SMILES string of the molecule is COc1cc(C(=O)NS(=O)(=O)c2ccccc2C)ccc1Cc1cn(C(=O)NC(c2ccccc2)c2ccccc2)c2ccc(NC(=O)OC3CCCC3)cc12. The zero-order chi connectivity index (χ0) is 39.2. The molecule has 1 heterocycles. The van der Waals surface area contributed by atoms with Crippen molar-refractivity contribution in [3.63, 3.8) is 0 Å². The van der Waals surface area contributed by atoms with Gasteiger partial charge in [-0.2, -0.15) is 0 Å². The predicted octanol–water partition coefficient (Wildman–Crippen LogP) is 8.51. The van der Waals surface area contributed by atoms with Gasteiger partial charge in [0.1, 0.15) is 11.9 Å². The molecule has 7 rings (SSSR count). The van der Waals surface area contributed by atoms with Crippen molar-refractivity contribution in [3.8, 4) is 5.75 Å². The summed E-state index contributed by atoms with van der Waals surface area (Å²) in [5.41, 5.74) is 4.93. The number of rotatable bonds is 11. The molecule has 286 valence electrons. The molecule has 12 heteroatoms. The van der Waals surface area contributed by atoms with Crippen LogP contribution in [-0.2, 0) is 21.2 Å². The molecule has 0 unspecified atom stereocenters. The Morgan fingerprint density at radius 3 is 2.12 bits per heavy atom. The van der Waals surface area contributed by atoms with Crippen LogP contribution in [0.15, 0.2) is 132 Å². The number of fused-ring (bicyclic) bond motifs is 1. The third-order valence-electron chi connectivity index (χ3n) is 10.0. The summed E-state index contributed by atoms with van der Waals surface area (Å²) in [7, 11) is -2.67. The molecule has 1 aliphatic rings. The van der Waals surface area contributed by atoms with Gasteiger partial charge in [0, 0.05) is 29.3 Å². The van der Waals surface area contributed by atoms with E-state index in [1.54, 1.807) is 60.2 Å². The van der Waals surface area contributed by atoms with E-state index in [4.69, 9.17) is 9.47 Å². The molecular formula is C44H42N4O7S. The van der Waals surface area contributed by atoms with Crippen LogP contribution in [0.1, 0.15) is 69.9 Å². The Morgan fingerprint density at radius 2 is 1.46 bits per heavy atom. The Morgan fingerprint density at radius 1 is 0.804 bits per heavy atom. The maximum atomic E-state index is 14.3. The first-order valence-corrected chi connectivity index (χ1v) is 19.9. The first-order chi connectivity index (χ1) is 27.1. The van der Waals surface area contributed by atoms with Gasteiger partial charge in [0.05, 0.1) is 23.6 Å². The summed E-state index contributed by atoms with van der Waals surface area (Å²) in [5.74, 6) is -0.461. The molecule has 5 aromatic carbocycles. The van der Waals surface area contributed by atoms with E-state index >= 15 is 0 Å². The van der Waals surface area contributed by atoms with Crippen molar-refractivity contribution in [2.24, 2.45) is 0 Å². The lowest BCUT2D eigenvalue weighted by Crippen LogP contribution is -2.32. The number of ether oxygens (including phenoxy) is 2. The van der Waals surface area contributed by atoms with Gasteiger partial charge in [-0.25, -0.2) is 22.7 Å². The number of hydrogen-bond donors (Lipinski definition) is 3. The molecule has 1 aliphatic carbocycles. The molecule has 0 spiro atoms. The predicted molar refractivity (Wildman–Crippen MR) is 215 cm³/mol. The number of carbonyl (C=O) groups excluding carboxylic acids is 3. The number of benzene rings is 5. The van der Waals surface area contributed by atoms with E-state index < -0.39 is 28.1 Å². The Hall–Kier alpha value is -6.40. The van der Waals surface area contributed by atoms with Crippen LogP contribution in [0.4, 0.5) is 15.3 Å². The number of carbonyl (C=O) groups is 3. The highest BCUT2D eigenvalue weighted by atomic mass is 32.2. The van der Waals surface area contributed by atoms with E-state index in [1.165, 1.54) is 25.3 Å². The minimum Gasteiger partial charge on any atom is -0.496 e. The van der Waals surface area contributed by atoms with Gasteiger partial charge in [0.25, 0.3) is 15.9 Å². The van der Waals surface area contributed by atoms with Crippen molar-refractivity contribution in [2.75, 3.05) is 12.4 Å². The van der Waals surface area contributed by atoms with Crippen LogP contribution >= 0.6 is 0 Å². The van der Waals surface area contributed by atoms with Gasteiger partial charge in [-0.3, -0.25) is 14.7 Å². The van der Waals surface area contributed by atoms with E-state index in [-0.39, 0.29) is 29.0 Å². The highest BCUT2D eigenvalue weighted by Crippen LogP contribution is 2.32. The standard InChI is InChI=1S/C44H42N4O7S/c1-29-13-9-12-20-40(29)56(52,53)47-42(49)33-22-21-32(39(26-33)54-2)25-34-28-48(38-24-23-35(27-37(34)38)45-44(51)55-36-18-10-11-19-36)43(50)46-41(30-14-5-3-6-15-30)31-16-7-4-8-17-31/h3-9,12-17,20-24,26-28,36,41H,10-11,18-19,25H2,1-2H3,(H,45,51)(H,46,50)(H,47,49). The fourth-order valence-corrected chi connectivity index (χ4v) is 8.39.